The highest BCUT2D eigenvalue weighted by atomic mass is 16.4. The Labute approximate surface area is 123 Å². The summed E-state index contributed by atoms with van der Waals surface area (Å²) in [6, 6.07) is 0. The second-order valence-electron chi connectivity index (χ2n) is 7.87. The topological polar surface area (TPSA) is 74.6 Å². The summed E-state index contributed by atoms with van der Waals surface area (Å²) in [5.74, 6) is -1.39. The Morgan fingerprint density at radius 1 is 0.950 bits per heavy atom. The van der Waals surface area contributed by atoms with Crippen LogP contribution in [-0.4, -0.2) is 22.2 Å². The molecular weight excluding hydrogens is 256 g/mol. The van der Waals surface area contributed by atoms with Crippen molar-refractivity contribution in [2.75, 3.05) is 0 Å². The van der Waals surface area contributed by atoms with Crippen LogP contribution >= 0.6 is 0 Å². The molecule has 0 saturated heterocycles. The van der Waals surface area contributed by atoms with Crippen LogP contribution in [0.1, 0.15) is 68.2 Å². The molecule has 0 amide bonds. The quantitative estimate of drug-likeness (QED) is 0.809. The second kappa shape index (κ2) is 8.28. The summed E-state index contributed by atoms with van der Waals surface area (Å²) in [6.45, 7) is 16.0. The van der Waals surface area contributed by atoms with E-state index in [1.54, 1.807) is 6.92 Å². The third kappa shape index (κ3) is 13.4. The normalized spacial score (nSPS) is 14.8. The van der Waals surface area contributed by atoms with E-state index in [2.05, 4.69) is 20.8 Å². The molecule has 2 N–H and O–H groups in total. The van der Waals surface area contributed by atoms with E-state index in [4.69, 9.17) is 10.2 Å². The number of hydrogen-bond acceptors (Lipinski definition) is 2. The number of hydrogen-bond donors (Lipinski definition) is 2. The molecule has 0 aliphatic heterocycles. The molecule has 0 bridgehead atoms. The standard InChI is InChI=1S/2C8H16O2/c1-6(7(9)10)5-8(2,3)4;1-6(5-7(9)10)8(2,3)4/h2*6H,5H2,1-4H3,(H,9,10). The van der Waals surface area contributed by atoms with Gasteiger partial charge in [-0.1, -0.05) is 55.4 Å². The van der Waals surface area contributed by atoms with Crippen molar-refractivity contribution in [3.05, 3.63) is 0 Å². The third-order valence-corrected chi connectivity index (χ3v) is 3.30. The molecule has 0 heterocycles. The van der Waals surface area contributed by atoms with Crippen LogP contribution in [0.2, 0.25) is 0 Å². The fraction of sp³-hybridized carbons (Fsp3) is 0.875. The zero-order valence-corrected chi connectivity index (χ0v) is 14.3. The van der Waals surface area contributed by atoms with Gasteiger partial charge in [0.15, 0.2) is 0 Å². The van der Waals surface area contributed by atoms with Gasteiger partial charge >= 0.3 is 11.9 Å². The Hall–Kier alpha value is -1.06. The smallest absolute Gasteiger partial charge is 0.306 e. The Balaban J connectivity index is 0. The van der Waals surface area contributed by atoms with Gasteiger partial charge in [-0.25, -0.2) is 0 Å². The third-order valence-electron chi connectivity index (χ3n) is 3.30. The summed E-state index contributed by atoms with van der Waals surface area (Å²) >= 11 is 0. The van der Waals surface area contributed by atoms with Gasteiger partial charge in [0.1, 0.15) is 0 Å². The molecule has 4 heteroatoms. The minimum Gasteiger partial charge on any atom is -0.481 e. The van der Waals surface area contributed by atoms with Gasteiger partial charge in [0, 0.05) is 6.42 Å². The van der Waals surface area contributed by atoms with Crippen LogP contribution in [0.25, 0.3) is 0 Å². The van der Waals surface area contributed by atoms with Crippen LogP contribution in [0.15, 0.2) is 0 Å². The van der Waals surface area contributed by atoms with Gasteiger partial charge in [-0.3, -0.25) is 9.59 Å². The van der Waals surface area contributed by atoms with E-state index >= 15 is 0 Å². The van der Waals surface area contributed by atoms with Crippen LogP contribution in [0.3, 0.4) is 0 Å². The number of carboxylic acid groups (broad SMARTS) is 2. The molecule has 0 aliphatic rings. The average molecular weight is 288 g/mol. The first-order chi connectivity index (χ1) is 8.66. The van der Waals surface area contributed by atoms with Gasteiger partial charge in [0.2, 0.25) is 0 Å². The van der Waals surface area contributed by atoms with Crippen molar-refractivity contribution in [2.24, 2.45) is 22.7 Å². The SMILES string of the molecule is CC(CC(=O)O)C(C)(C)C.CC(CC(C)(C)C)C(=O)O. The van der Waals surface area contributed by atoms with E-state index in [1.807, 2.05) is 27.7 Å². The fourth-order valence-electron chi connectivity index (χ4n) is 1.57. The van der Waals surface area contributed by atoms with Crippen LogP contribution in [0.5, 0.6) is 0 Å². The molecule has 0 aromatic rings. The van der Waals surface area contributed by atoms with Crippen molar-refractivity contribution in [3.63, 3.8) is 0 Å². The predicted octanol–water partition coefficient (Wildman–Crippen LogP) is 4.29. The molecule has 0 saturated carbocycles. The maximum absolute atomic E-state index is 10.4. The fourth-order valence-corrected chi connectivity index (χ4v) is 1.57. The minimum atomic E-state index is -0.706. The summed E-state index contributed by atoms with van der Waals surface area (Å²) in [4.78, 5) is 20.6. The lowest BCUT2D eigenvalue weighted by molar-refractivity contribution is -0.142. The van der Waals surface area contributed by atoms with Gasteiger partial charge in [-0.2, -0.15) is 0 Å². The highest BCUT2D eigenvalue weighted by molar-refractivity contribution is 5.69. The molecule has 0 aliphatic carbocycles. The molecule has 0 fully saturated rings. The molecule has 0 radical (unpaired) electrons. The molecular formula is C16H32O4. The van der Waals surface area contributed by atoms with Crippen LogP contribution < -0.4 is 0 Å². The highest BCUT2D eigenvalue weighted by Gasteiger charge is 2.22. The second-order valence-corrected chi connectivity index (χ2v) is 7.87. The maximum atomic E-state index is 10.4. The lowest BCUT2D eigenvalue weighted by Crippen LogP contribution is -2.20. The van der Waals surface area contributed by atoms with E-state index in [1.165, 1.54) is 0 Å². The first-order valence-corrected chi connectivity index (χ1v) is 7.11. The monoisotopic (exact) mass is 288 g/mol. The van der Waals surface area contributed by atoms with Crippen molar-refractivity contribution in [1.29, 1.82) is 0 Å². The first kappa shape index (κ1) is 21.2. The van der Waals surface area contributed by atoms with E-state index in [-0.39, 0.29) is 29.1 Å². The average Bonchev–Trinajstić information content (AvgIpc) is 2.12. The largest absolute Gasteiger partial charge is 0.481 e. The van der Waals surface area contributed by atoms with Gasteiger partial charge in [-0.05, 0) is 23.2 Å². The van der Waals surface area contributed by atoms with Crippen molar-refractivity contribution in [1.82, 2.24) is 0 Å². The summed E-state index contributed by atoms with van der Waals surface area (Å²) in [5.41, 5.74) is 0.232. The van der Waals surface area contributed by atoms with Gasteiger partial charge < -0.3 is 10.2 Å². The lowest BCUT2D eigenvalue weighted by atomic mass is 9.80. The summed E-state index contributed by atoms with van der Waals surface area (Å²) < 4.78 is 0. The van der Waals surface area contributed by atoms with Crippen LogP contribution in [0.4, 0.5) is 0 Å². The van der Waals surface area contributed by atoms with E-state index in [0.717, 1.165) is 6.42 Å². The minimum absolute atomic E-state index is 0.110. The van der Waals surface area contributed by atoms with Crippen molar-refractivity contribution >= 4 is 11.9 Å². The molecule has 2 atom stereocenters. The molecule has 4 nitrogen and oxygen atoms in total. The molecule has 0 spiro atoms. The van der Waals surface area contributed by atoms with Crippen LogP contribution in [0, 0.1) is 22.7 Å². The van der Waals surface area contributed by atoms with Crippen molar-refractivity contribution in [3.8, 4) is 0 Å². The predicted molar refractivity (Wildman–Crippen MR) is 81.7 cm³/mol. The molecule has 0 aromatic carbocycles. The molecule has 20 heavy (non-hydrogen) atoms. The molecule has 2 unspecified atom stereocenters. The molecule has 120 valence electrons. The number of rotatable bonds is 4. The Morgan fingerprint density at radius 3 is 1.45 bits per heavy atom. The zero-order chi connectivity index (χ0) is 16.7. The Bertz CT molecular complexity index is 307. The first-order valence-electron chi connectivity index (χ1n) is 7.11. The number of carbonyl (C=O) groups is 2. The molecule has 0 rings (SSSR count). The summed E-state index contributed by atoms with van der Waals surface area (Å²) in [7, 11) is 0. The zero-order valence-electron chi connectivity index (χ0n) is 14.3. The Kier molecular flexibility index (Phi) is 8.79. The van der Waals surface area contributed by atoms with Crippen LogP contribution in [-0.2, 0) is 9.59 Å². The maximum Gasteiger partial charge on any atom is 0.306 e. The number of carboxylic acids is 2. The number of aliphatic carboxylic acids is 2. The van der Waals surface area contributed by atoms with Crippen molar-refractivity contribution in [2.45, 2.75) is 68.2 Å². The van der Waals surface area contributed by atoms with E-state index in [9.17, 15) is 9.59 Å². The highest BCUT2D eigenvalue weighted by Crippen LogP contribution is 2.27. The van der Waals surface area contributed by atoms with Gasteiger partial charge in [0.05, 0.1) is 5.92 Å². The molecule has 0 aromatic heterocycles. The lowest BCUT2D eigenvalue weighted by Gasteiger charge is -2.25. The van der Waals surface area contributed by atoms with Crippen molar-refractivity contribution < 1.29 is 19.8 Å². The summed E-state index contributed by atoms with van der Waals surface area (Å²) in [6.07, 6.45) is 1.01. The summed E-state index contributed by atoms with van der Waals surface area (Å²) in [5, 5.41) is 17.0. The van der Waals surface area contributed by atoms with Gasteiger partial charge in [-0.15, -0.1) is 0 Å². The van der Waals surface area contributed by atoms with E-state index in [0.29, 0.717) is 0 Å². The Morgan fingerprint density at radius 2 is 1.35 bits per heavy atom. The van der Waals surface area contributed by atoms with E-state index < -0.39 is 11.9 Å². The van der Waals surface area contributed by atoms with Gasteiger partial charge in [0.25, 0.3) is 0 Å².